The van der Waals surface area contributed by atoms with Crippen LogP contribution in [0.4, 0.5) is 0 Å². The maximum absolute atomic E-state index is 6.44. The van der Waals surface area contributed by atoms with Gasteiger partial charge in [-0.2, -0.15) is 0 Å². The molecule has 1 heterocycles. The summed E-state index contributed by atoms with van der Waals surface area (Å²) in [5.74, 6) is 0. The fraction of sp³-hybridized carbons (Fsp3) is 0.600. The minimum absolute atomic E-state index is 0.117. The van der Waals surface area contributed by atoms with Crippen LogP contribution in [0.25, 0.3) is 0 Å². The quantitative estimate of drug-likeness (QED) is 0.888. The Bertz CT molecular complexity index is 434. The molecule has 1 N–H and O–H groups in total. The molecule has 1 aliphatic heterocycles. The number of hydrogen-bond acceptors (Lipinski definition) is 2. The van der Waals surface area contributed by atoms with Crippen LogP contribution in [0.3, 0.4) is 0 Å². The second-order valence-electron chi connectivity index (χ2n) is 6.20. The Morgan fingerprint density at radius 3 is 2.37 bits per heavy atom. The Labute approximate surface area is 126 Å². The van der Waals surface area contributed by atoms with Crippen molar-refractivity contribution in [1.29, 1.82) is 0 Å². The largest absolute Gasteiger partial charge is 0.314 e. The third kappa shape index (κ3) is 3.43. The lowest BCUT2D eigenvalue weighted by atomic mass is 9.81. The van der Waals surface area contributed by atoms with Gasteiger partial charge in [0.05, 0.1) is 10.0 Å². The molecule has 1 atom stereocenters. The fourth-order valence-electron chi connectivity index (χ4n) is 2.88. The van der Waals surface area contributed by atoms with E-state index in [1.165, 1.54) is 0 Å². The van der Waals surface area contributed by atoms with Crippen molar-refractivity contribution in [2.75, 3.05) is 26.2 Å². The Morgan fingerprint density at radius 1 is 1.16 bits per heavy atom. The SMILES string of the molecule is CC(C)(C)[C@H](c1cccc(Cl)c1Cl)N1CCNCC1. The number of piperazine rings is 1. The molecule has 1 aliphatic rings. The average molecular weight is 301 g/mol. The maximum atomic E-state index is 6.44. The Kier molecular flexibility index (Phi) is 4.78. The van der Waals surface area contributed by atoms with Crippen LogP contribution in [0.1, 0.15) is 32.4 Å². The molecule has 4 heteroatoms. The van der Waals surface area contributed by atoms with Gasteiger partial charge < -0.3 is 5.32 Å². The lowest BCUT2D eigenvalue weighted by molar-refractivity contribution is 0.0863. The second-order valence-corrected chi connectivity index (χ2v) is 6.98. The predicted molar refractivity (Wildman–Crippen MR) is 83.1 cm³/mol. The third-order valence-electron chi connectivity index (χ3n) is 3.61. The van der Waals surface area contributed by atoms with Crippen molar-refractivity contribution in [3.05, 3.63) is 33.8 Å². The monoisotopic (exact) mass is 300 g/mol. The van der Waals surface area contributed by atoms with E-state index in [1.807, 2.05) is 12.1 Å². The first kappa shape index (κ1) is 15.1. The van der Waals surface area contributed by atoms with Gasteiger partial charge in [-0.05, 0) is 17.0 Å². The highest BCUT2D eigenvalue weighted by atomic mass is 35.5. The van der Waals surface area contributed by atoms with E-state index in [4.69, 9.17) is 23.2 Å². The Balaban J connectivity index is 2.40. The minimum atomic E-state index is 0.117. The van der Waals surface area contributed by atoms with Crippen LogP contribution >= 0.6 is 23.2 Å². The van der Waals surface area contributed by atoms with E-state index in [0.717, 1.165) is 31.7 Å². The molecule has 0 aliphatic carbocycles. The first-order valence-corrected chi connectivity index (χ1v) is 7.55. The molecule has 2 rings (SSSR count). The van der Waals surface area contributed by atoms with Crippen molar-refractivity contribution in [2.24, 2.45) is 5.41 Å². The van der Waals surface area contributed by atoms with E-state index in [0.29, 0.717) is 16.1 Å². The van der Waals surface area contributed by atoms with Gasteiger partial charge >= 0.3 is 0 Å². The Morgan fingerprint density at radius 2 is 1.79 bits per heavy atom. The molecule has 1 aromatic rings. The van der Waals surface area contributed by atoms with Gasteiger partial charge in [0.15, 0.2) is 0 Å². The summed E-state index contributed by atoms with van der Waals surface area (Å²) in [6, 6.07) is 6.24. The van der Waals surface area contributed by atoms with Gasteiger partial charge in [-0.3, -0.25) is 4.90 Å². The molecule has 106 valence electrons. The van der Waals surface area contributed by atoms with Crippen molar-refractivity contribution < 1.29 is 0 Å². The molecule has 0 bridgehead atoms. The first-order chi connectivity index (χ1) is 8.91. The highest BCUT2D eigenvalue weighted by molar-refractivity contribution is 6.42. The first-order valence-electron chi connectivity index (χ1n) is 6.80. The predicted octanol–water partition coefficient (Wildman–Crippen LogP) is 3.99. The van der Waals surface area contributed by atoms with Gasteiger partial charge in [-0.15, -0.1) is 0 Å². The average Bonchev–Trinajstić information content (AvgIpc) is 2.35. The normalized spacial score (nSPS) is 19.4. The molecule has 1 fully saturated rings. The van der Waals surface area contributed by atoms with Crippen LogP contribution in [0, 0.1) is 5.41 Å². The van der Waals surface area contributed by atoms with Gasteiger partial charge in [0.1, 0.15) is 0 Å². The zero-order valence-electron chi connectivity index (χ0n) is 11.8. The summed E-state index contributed by atoms with van der Waals surface area (Å²) in [4.78, 5) is 2.51. The molecular formula is C15H22Cl2N2. The maximum Gasteiger partial charge on any atom is 0.0640 e. The zero-order valence-corrected chi connectivity index (χ0v) is 13.4. The molecule has 2 nitrogen and oxygen atoms in total. The summed E-state index contributed by atoms with van der Waals surface area (Å²) < 4.78 is 0. The van der Waals surface area contributed by atoms with Crippen molar-refractivity contribution >= 4 is 23.2 Å². The van der Waals surface area contributed by atoms with E-state index >= 15 is 0 Å². The number of nitrogens with one attached hydrogen (secondary N) is 1. The molecule has 0 amide bonds. The Hall–Kier alpha value is -0.280. The van der Waals surface area contributed by atoms with Crippen LogP contribution < -0.4 is 5.32 Å². The van der Waals surface area contributed by atoms with Gasteiger partial charge in [-0.25, -0.2) is 0 Å². The van der Waals surface area contributed by atoms with Gasteiger partial charge in [-0.1, -0.05) is 56.1 Å². The number of rotatable bonds is 2. The van der Waals surface area contributed by atoms with Crippen molar-refractivity contribution in [3.63, 3.8) is 0 Å². The number of benzene rings is 1. The van der Waals surface area contributed by atoms with Crippen LogP contribution in [0.5, 0.6) is 0 Å². The number of nitrogens with zero attached hydrogens (tertiary/aromatic N) is 1. The van der Waals surface area contributed by atoms with E-state index < -0.39 is 0 Å². The third-order valence-corrected chi connectivity index (χ3v) is 4.45. The molecule has 0 unspecified atom stereocenters. The fourth-order valence-corrected chi connectivity index (χ4v) is 3.29. The number of halogens is 2. The van der Waals surface area contributed by atoms with Crippen molar-refractivity contribution in [1.82, 2.24) is 10.2 Å². The molecule has 0 spiro atoms. The summed E-state index contributed by atoms with van der Waals surface area (Å²) in [6.07, 6.45) is 0. The second kappa shape index (κ2) is 6.01. The summed E-state index contributed by atoms with van der Waals surface area (Å²) in [5.41, 5.74) is 1.26. The highest BCUT2D eigenvalue weighted by Gasteiger charge is 2.34. The van der Waals surface area contributed by atoms with Gasteiger partial charge in [0, 0.05) is 32.2 Å². The van der Waals surface area contributed by atoms with Crippen molar-refractivity contribution in [3.8, 4) is 0 Å². The summed E-state index contributed by atoms with van der Waals surface area (Å²) in [6.45, 7) is 10.9. The summed E-state index contributed by atoms with van der Waals surface area (Å²) in [5, 5.41) is 4.74. The van der Waals surface area contributed by atoms with E-state index in [2.05, 4.69) is 37.1 Å². The summed E-state index contributed by atoms with van der Waals surface area (Å²) >= 11 is 12.6. The van der Waals surface area contributed by atoms with Crippen LogP contribution in [0.15, 0.2) is 18.2 Å². The summed E-state index contributed by atoms with van der Waals surface area (Å²) in [7, 11) is 0. The minimum Gasteiger partial charge on any atom is -0.314 e. The lowest BCUT2D eigenvalue weighted by Crippen LogP contribution is -2.48. The molecule has 19 heavy (non-hydrogen) atoms. The van der Waals surface area contributed by atoms with Crippen LogP contribution in [0.2, 0.25) is 10.0 Å². The molecule has 1 aromatic carbocycles. The van der Waals surface area contributed by atoms with Crippen LogP contribution in [-0.2, 0) is 0 Å². The standard InChI is InChI=1S/C15H22Cl2N2/c1-15(2,3)14(19-9-7-18-8-10-19)11-5-4-6-12(16)13(11)17/h4-6,14,18H,7-10H2,1-3H3/t14-/m0/s1. The van der Waals surface area contributed by atoms with Gasteiger partial charge in [0.2, 0.25) is 0 Å². The number of hydrogen-bond donors (Lipinski definition) is 1. The van der Waals surface area contributed by atoms with E-state index in [1.54, 1.807) is 0 Å². The molecule has 0 radical (unpaired) electrons. The molecule has 0 aromatic heterocycles. The van der Waals surface area contributed by atoms with Crippen molar-refractivity contribution in [2.45, 2.75) is 26.8 Å². The highest BCUT2D eigenvalue weighted by Crippen LogP contribution is 2.42. The smallest absolute Gasteiger partial charge is 0.0640 e. The van der Waals surface area contributed by atoms with E-state index in [9.17, 15) is 0 Å². The topological polar surface area (TPSA) is 15.3 Å². The van der Waals surface area contributed by atoms with Crippen LogP contribution in [-0.4, -0.2) is 31.1 Å². The van der Waals surface area contributed by atoms with E-state index in [-0.39, 0.29) is 5.41 Å². The zero-order chi connectivity index (χ0) is 14.0. The molecular weight excluding hydrogens is 279 g/mol. The molecule has 0 saturated carbocycles. The molecule has 1 saturated heterocycles. The van der Waals surface area contributed by atoms with Gasteiger partial charge in [0.25, 0.3) is 0 Å². The lowest BCUT2D eigenvalue weighted by Gasteiger charge is -2.43.